The Morgan fingerprint density at radius 3 is 2.69 bits per heavy atom. The van der Waals surface area contributed by atoms with Crippen LogP contribution in [0.3, 0.4) is 0 Å². The second-order valence-corrected chi connectivity index (χ2v) is 4.09. The fourth-order valence-electron chi connectivity index (χ4n) is 1.31. The number of nitrogens with two attached hydrogens (primary N) is 1. The van der Waals surface area contributed by atoms with Crippen molar-refractivity contribution in [1.29, 1.82) is 0 Å². The molecular formula is C12H20N2O2. The number of hydrogen-bond acceptors (Lipinski definition) is 3. The van der Waals surface area contributed by atoms with E-state index >= 15 is 0 Å². The van der Waals surface area contributed by atoms with Gasteiger partial charge in [-0.05, 0) is 31.5 Å². The number of rotatable bonds is 5. The SMILES string of the molecule is CCc1ccc(C(=O)NC(C)C(C)CN)o1. The van der Waals surface area contributed by atoms with Crippen molar-refractivity contribution in [3.8, 4) is 0 Å². The van der Waals surface area contributed by atoms with Crippen LogP contribution in [0.4, 0.5) is 0 Å². The van der Waals surface area contributed by atoms with Crippen LogP contribution in [0.2, 0.25) is 0 Å². The summed E-state index contributed by atoms with van der Waals surface area (Å²) in [5.74, 6) is 1.27. The number of carbonyl (C=O) groups is 1. The van der Waals surface area contributed by atoms with E-state index in [2.05, 4.69) is 5.32 Å². The number of aryl methyl sites for hydroxylation is 1. The van der Waals surface area contributed by atoms with Crippen LogP contribution in [0.15, 0.2) is 16.5 Å². The zero-order chi connectivity index (χ0) is 12.1. The van der Waals surface area contributed by atoms with Crippen LogP contribution in [0.1, 0.15) is 37.1 Å². The average molecular weight is 224 g/mol. The summed E-state index contributed by atoms with van der Waals surface area (Å²) in [6.07, 6.45) is 0.794. The van der Waals surface area contributed by atoms with Crippen LogP contribution in [-0.4, -0.2) is 18.5 Å². The fourth-order valence-corrected chi connectivity index (χ4v) is 1.31. The van der Waals surface area contributed by atoms with Crippen molar-refractivity contribution >= 4 is 5.91 Å². The van der Waals surface area contributed by atoms with Gasteiger partial charge in [-0.3, -0.25) is 4.79 Å². The summed E-state index contributed by atoms with van der Waals surface area (Å²) < 4.78 is 5.37. The van der Waals surface area contributed by atoms with Gasteiger partial charge in [-0.2, -0.15) is 0 Å². The summed E-state index contributed by atoms with van der Waals surface area (Å²) in [4.78, 5) is 11.8. The van der Waals surface area contributed by atoms with E-state index in [0.717, 1.165) is 12.2 Å². The Hall–Kier alpha value is -1.29. The lowest BCUT2D eigenvalue weighted by atomic mass is 10.0. The van der Waals surface area contributed by atoms with E-state index in [1.54, 1.807) is 6.07 Å². The van der Waals surface area contributed by atoms with Crippen molar-refractivity contribution in [3.63, 3.8) is 0 Å². The van der Waals surface area contributed by atoms with Gasteiger partial charge in [-0.25, -0.2) is 0 Å². The first-order valence-corrected chi connectivity index (χ1v) is 5.68. The van der Waals surface area contributed by atoms with Gasteiger partial charge in [-0.1, -0.05) is 13.8 Å². The molecular weight excluding hydrogens is 204 g/mol. The summed E-state index contributed by atoms with van der Waals surface area (Å²) in [6.45, 7) is 6.49. The summed E-state index contributed by atoms with van der Waals surface area (Å²) in [7, 11) is 0. The summed E-state index contributed by atoms with van der Waals surface area (Å²) >= 11 is 0. The minimum atomic E-state index is -0.174. The Labute approximate surface area is 96.2 Å². The van der Waals surface area contributed by atoms with Crippen LogP contribution in [0.5, 0.6) is 0 Å². The second-order valence-electron chi connectivity index (χ2n) is 4.09. The Morgan fingerprint density at radius 2 is 2.19 bits per heavy atom. The van der Waals surface area contributed by atoms with Crippen LogP contribution in [-0.2, 0) is 6.42 Å². The highest BCUT2D eigenvalue weighted by Gasteiger charge is 2.16. The molecule has 3 N–H and O–H groups in total. The van der Waals surface area contributed by atoms with E-state index in [1.165, 1.54) is 0 Å². The lowest BCUT2D eigenvalue weighted by Crippen LogP contribution is -2.39. The Morgan fingerprint density at radius 1 is 1.50 bits per heavy atom. The molecule has 90 valence electrons. The molecule has 0 radical (unpaired) electrons. The molecule has 4 nitrogen and oxygen atoms in total. The van der Waals surface area contributed by atoms with E-state index in [4.69, 9.17) is 10.2 Å². The van der Waals surface area contributed by atoms with E-state index in [-0.39, 0.29) is 17.9 Å². The molecule has 0 aromatic carbocycles. The first-order chi connectivity index (χ1) is 7.58. The van der Waals surface area contributed by atoms with Gasteiger partial charge in [-0.15, -0.1) is 0 Å². The Kier molecular flexibility index (Phi) is 4.55. The lowest BCUT2D eigenvalue weighted by molar-refractivity contribution is 0.0899. The van der Waals surface area contributed by atoms with E-state index in [9.17, 15) is 4.79 Å². The predicted octanol–water partition coefficient (Wildman–Crippen LogP) is 1.56. The van der Waals surface area contributed by atoms with Crippen molar-refractivity contribution in [2.24, 2.45) is 11.7 Å². The molecule has 0 aliphatic rings. The highest BCUT2D eigenvalue weighted by Crippen LogP contribution is 2.09. The molecule has 1 rings (SSSR count). The maximum Gasteiger partial charge on any atom is 0.287 e. The maximum absolute atomic E-state index is 11.8. The molecule has 1 aromatic heterocycles. The van der Waals surface area contributed by atoms with Gasteiger partial charge in [0.1, 0.15) is 5.76 Å². The van der Waals surface area contributed by atoms with Crippen LogP contribution >= 0.6 is 0 Å². The van der Waals surface area contributed by atoms with Gasteiger partial charge < -0.3 is 15.5 Å². The van der Waals surface area contributed by atoms with E-state index < -0.39 is 0 Å². The van der Waals surface area contributed by atoms with Gasteiger partial charge in [0.2, 0.25) is 0 Å². The molecule has 0 saturated carbocycles. The highest BCUT2D eigenvalue weighted by molar-refractivity contribution is 5.91. The second kappa shape index (κ2) is 5.70. The largest absolute Gasteiger partial charge is 0.456 e. The number of hydrogen-bond donors (Lipinski definition) is 2. The normalized spacial score (nSPS) is 14.5. The number of amides is 1. The van der Waals surface area contributed by atoms with Crippen LogP contribution in [0.25, 0.3) is 0 Å². The molecule has 2 atom stereocenters. The molecule has 0 bridgehead atoms. The van der Waals surface area contributed by atoms with Gasteiger partial charge in [0, 0.05) is 12.5 Å². The first-order valence-electron chi connectivity index (χ1n) is 5.68. The van der Waals surface area contributed by atoms with Crippen LogP contribution in [0, 0.1) is 5.92 Å². The van der Waals surface area contributed by atoms with Gasteiger partial charge in [0.25, 0.3) is 5.91 Å². The molecule has 1 amide bonds. The third-order valence-corrected chi connectivity index (χ3v) is 2.82. The van der Waals surface area contributed by atoms with E-state index in [1.807, 2.05) is 26.8 Å². The monoisotopic (exact) mass is 224 g/mol. The minimum Gasteiger partial charge on any atom is -0.456 e. The molecule has 16 heavy (non-hydrogen) atoms. The Bertz CT molecular complexity index is 347. The van der Waals surface area contributed by atoms with Crippen molar-refractivity contribution < 1.29 is 9.21 Å². The highest BCUT2D eigenvalue weighted by atomic mass is 16.3. The summed E-state index contributed by atoms with van der Waals surface area (Å²) in [6, 6.07) is 3.58. The van der Waals surface area contributed by atoms with Gasteiger partial charge in [0.05, 0.1) is 0 Å². The molecule has 1 heterocycles. The molecule has 0 aliphatic heterocycles. The fraction of sp³-hybridized carbons (Fsp3) is 0.583. The molecule has 2 unspecified atom stereocenters. The van der Waals surface area contributed by atoms with Crippen LogP contribution < -0.4 is 11.1 Å². The van der Waals surface area contributed by atoms with Crippen molar-refractivity contribution in [2.45, 2.75) is 33.2 Å². The molecule has 1 aromatic rings. The smallest absolute Gasteiger partial charge is 0.287 e. The van der Waals surface area contributed by atoms with Crippen molar-refractivity contribution in [2.75, 3.05) is 6.54 Å². The topological polar surface area (TPSA) is 68.3 Å². The van der Waals surface area contributed by atoms with Crippen molar-refractivity contribution in [1.82, 2.24) is 5.32 Å². The molecule has 4 heteroatoms. The zero-order valence-electron chi connectivity index (χ0n) is 10.1. The minimum absolute atomic E-state index is 0.0488. The molecule has 0 saturated heterocycles. The first kappa shape index (κ1) is 12.8. The Balaban J connectivity index is 2.58. The lowest BCUT2D eigenvalue weighted by Gasteiger charge is -2.18. The maximum atomic E-state index is 11.8. The summed E-state index contributed by atoms with van der Waals surface area (Å²) in [5.41, 5.74) is 5.54. The van der Waals surface area contributed by atoms with E-state index in [0.29, 0.717) is 12.3 Å². The molecule has 0 fully saturated rings. The summed E-state index contributed by atoms with van der Waals surface area (Å²) in [5, 5.41) is 2.87. The quantitative estimate of drug-likeness (QED) is 0.797. The van der Waals surface area contributed by atoms with Crippen molar-refractivity contribution in [3.05, 3.63) is 23.7 Å². The zero-order valence-corrected chi connectivity index (χ0v) is 10.1. The number of furan rings is 1. The standard InChI is InChI=1S/C12H20N2O2/c1-4-10-5-6-11(16-10)12(15)14-9(3)8(2)7-13/h5-6,8-9H,4,7,13H2,1-3H3,(H,14,15). The third-order valence-electron chi connectivity index (χ3n) is 2.82. The average Bonchev–Trinajstić information content (AvgIpc) is 2.76. The molecule has 0 spiro atoms. The van der Waals surface area contributed by atoms with Gasteiger partial charge >= 0.3 is 0 Å². The molecule has 0 aliphatic carbocycles. The number of carbonyl (C=O) groups excluding carboxylic acids is 1. The predicted molar refractivity (Wildman–Crippen MR) is 63.2 cm³/mol. The van der Waals surface area contributed by atoms with Gasteiger partial charge in [0.15, 0.2) is 5.76 Å². The number of nitrogens with one attached hydrogen (secondary N) is 1. The third kappa shape index (κ3) is 3.10.